The Hall–Kier alpha value is -0.970. The Balaban J connectivity index is 2.00. The van der Waals surface area contributed by atoms with E-state index in [0.29, 0.717) is 18.0 Å². The van der Waals surface area contributed by atoms with E-state index in [4.69, 9.17) is 18.0 Å². The van der Waals surface area contributed by atoms with Crippen LogP contribution in [0.4, 0.5) is 0 Å². The molecular formula is C13H20N2O2S. The van der Waals surface area contributed by atoms with Gasteiger partial charge in [-0.1, -0.05) is 39.9 Å². The van der Waals surface area contributed by atoms with Crippen molar-refractivity contribution in [2.24, 2.45) is 28.4 Å². The third-order valence-electron chi connectivity index (χ3n) is 4.52. The van der Waals surface area contributed by atoms with Gasteiger partial charge >= 0.3 is 0 Å². The van der Waals surface area contributed by atoms with Crippen LogP contribution in [-0.4, -0.2) is 28.2 Å². The monoisotopic (exact) mass is 268 g/mol. The normalized spacial score (nSPS) is 29.4. The summed E-state index contributed by atoms with van der Waals surface area (Å²) in [5.41, 5.74) is 5.19. The van der Waals surface area contributed by atoms with Gasteiger partial charge in [0.1, 0.15) is 0 Å². The summed E-state index contributed by atoms with van der Waals surface area (Å²) in [7, 11) is 0. The first-order valence-corrected chi connectivity index (χ1v) is 6.66. The van der Waals surface area contributed by atoms with Gasteiger partial charge in [-0.2, -0.15) is 0 Å². The highest BCUT2D eigenvalue weighted by atomic mass is 32.1. The molecule has 2 N–H and O–H groups in total. The number of imide groups is 1. The molecule has 0 aromatic carbocycles. The lowest BCUT2D eigenvalue weighted by Gasteiger charge is -2.27. The molecule has 5 heteroatoms. The van der Waals surface area contributed by atoms with Crippen molar-refractivity contribution in [1.82, 2.24) is 4.90 Å². The SMILES string of the molecule is CC(C)(CCN1C(=O)C2C(C1=O)C2(C)C)C(N)=S. The summed E-state index contributed by atoms with van der Waals surface area (Å²) in [5, 5.41) is 0. The predicted octanol–water partition coefficient (Wildman–Crippen LogP) is 1.33. The fourth-order valence-corrected chi connectivity index (χ4v) is 2.84. The number of amides is 2. The summed E-state index contributed by atoms with van der Waals surface area (Å²) in [6, 6.07) is 0. The largest absolute Gasteiger partial charge is 0.393 e. The first-order chi connectivity index (χ1) is 8.10. The molecule has 2 atom stereocenters. The van der Waals surface area contributed by atoms with Gasteiger partial charge in [0.25, 0.3) is 0 Å². The third-order valence-corrected chi connectivity index (χ3v) is 5.07. The van der Waals surface area contributed by atoms with Gasteiger partial charge in [0.2, 0.25) is 11.8 Å². The minimum absolute atomic E-state index is 0.0197. The van der Waals surface area contributed by atoms with Gasteiger partial charge in [-0.05, 0) is 11.8 Å². The van der Waals surface area contributed by atoms with Crippen LogP contribution in [0.1, 0.15) is 34.1 Å². The standard InChI is InChI=1S/C13H20N2O2S/c1-12(2,11(14)18)5-6-15-9(16)7-8(10(15)17)13(7,3)4/h7-8H,5-6H2,1-4H3,(H2,14,18). The molecule has 100 valence electrons. The average Bonchev–Trinajstić information content (AvgIpc) is 2.68. The molecule has 0 aromatic heterocycles. The van der Waals surface area contributed by atoms with Crippen LogP contribution in [-0.2, 0) is 9.59 Å². The van der Waals surface area contributed by atoms with E-state index >= 15 is 0 Å². The molecule has 4 nitrogen and oxygen atoms in total. The summed E-state index contributed by atoms with van der Waals surface area (Å²) in [5.74, 6) is -0.238. The van der Waals surface area contributed by atoms with Gasteiger partial charge in [0, 0.05) is 12.0 Å². The van der Waals surface area contributed by atoms with Gasteiger partial charge < -0.3 is 5.73 Å². The number of hydrogen-bond donors (Lipinski definition) is 1. The first kappa shape index (κ1) is 13.5. The molecule has 2 unspecified atom stereocenters. The molecule has 2 aliphatic rings. The maximum Gasteiger partial charge on any atom is 0.233 e. The van der Waals surface area contributed by atoms with Crippen molar-refractivity contribution in [3.05, 3.63) is 0 Å². The fraction of sp³-hybridized carbons (Fsp3) is 0.769. The number of nitrogens with zero attached hydrogens (tertiary/aromatic N) is 1. The van der Waals surface area contributed by atoms with Crippen LogP contribution >= 0.6 is 12.2 Å². The number of nitrogens with two attached hydrogens (primary N) is 1. The Morgan fingerprint density at radius 3 is 2.17 bits per heavy atom. The number of piperidine rings is 1. The van der Waals surface area contributed by atoms with Crippen molar-refractivity contribution in [2.45, 2.75) is 34.1 Å². The topological polar surface area (TPSA) is 63.4 Å². The summed E-state index contributed by atoms with van der Waals surface area (Å²) < 4.78 is 0. The Kier molecular flexibility index (Phi) is 2.81. The third kappa shape index (κ3) is 1.76. The lowest BCUT2D eigenvalue weighted by Crippen LogP contribution is -2.40. The highest BCUT2D eigenvalue weighted by Gasteiger charge is 2.72. The molecule has 0 aromatic rings. The van der Waals surface area contributed by atoms with Crippen LogP contribution in [0.15, 0.2) is 0 Å². The summed E-state index contributed by atoms with van der Waals surface area (Å²) in [6.45, 7) is 8.25. The maximum absolute atomic E-state index is 12.1. The molecule has 1 saturated heterocycles. The Morgan fingerprint density at radius 1 is 1.33 bits per heavy atom. The smallest absolute Gasteiger partial charge is 0.233 e. The van der Waals surface area contributed by atoms with Gasteiger partial charge in [0.05, 0.1) is 16.8 Å². The van der Waals surface area contributed by atoms with Crippen LogP contribution in [0, 0.1) is 22.7 Å². The van der Waals surface area contributed by atoms with Crippen LogP contribution in [0.2, 0.25) is 0 Å². The number of fused-ring (bicyclic) bond motifs is 1. The lowest BCUT2D eigenvalue weighted by molar-refractivity contribution is -0.143. The highest BCUT2D eigenvalue weighted by Crippen LogP contribution is 2.63. The van der Waals surface area contributed by atoms with Crippen LogP contribution in [0.3, 0.4) is 0 Å². The van der Waals surface area contributed by atoms with Crippen molar-refractivity contribution in [1.29, 1.82) is 0 Å². The van der Waals surface area contributed by atoms with E-state index in [-0.39, 0.29) is 34.5 Å². The van der Waals surface area contributed by atoms with Crippen molar-refractivity contribution < 1.29 is 9.59 Å². The molecule has 1 saturated carbocycles. The maximum atomic E-state index is 12.1. The van der Waals surface area contributed by atoms with E-state index in [9.17, 15) is 9.59 Å². The van der Waals surface area contributed by atoms with E-state index < -0.39 is 0 Å². The molecule has 2 fully saturated rings. The second kappa shape index (κ2) is 3.76. The molecule has 2 amide bonds. The van der Waals surface area contributed by atoms with Crippen LogP contribution in [0.5, 0.6) is 0 Å². The fourth-order valence-electron chi connectivity index (χ4n) is 2.74. The molecule has 0 spiro atoms. The van der Waals surface area contributed by atoms with Crippen molar-refractivity contribution in [3.8, 4) is 0 Å². The summed E-state index contributed by atoms with van der Waals surface area (Å²) in [4.78, 5) is 26.0. The van der Waals surface area contributed by atoms with E-state index in [2.05, 4.69) is 0 Å². The van der Waals surface area contributed by atoms with E-state index in [0.717, 1.165) is 0 Å². The van der Waals surface area contributed by atoms with E-state index in [1.807, 2.05) is 27.7 Å². The average molecular weight is 268 g/mol. The predicted molar refractivity (Wildman–Crippen MR) is 72.7 cm³/mol. The first-order valence-electron chi connectivity index (χ1n) is 6.26. The Morgan fingerprint density at radius 2 is 1.78 bits per heavy atom. The van der Waals surface area contributed by atoms with Gasteiger partial charge in [-0.25, -0.2) is 0 Å². The molecule has 1 aliphatic heterocycles. The molecule has 1 heterocycles. The Bertz CT molecular complexity index is 418. The number of carbonyl (C=O) groups is 2. The second-order valence-electron chi connectivity index (χ2n) is 6.60. The Labute approximate surface area is 113 Å². The van der Waals surface area contributed by atoms with Crippen LogP contribution < -0.4 is 5.73 Å². The summed E-state index contributed by atoms with van der Waals surface area (Å²) in [6.07, 6.45) is 0.625. The number of hydrogen-bond acceptors (Lipinski definition) is 3. The zero-order valence-corrected chi connectivity index (χ0v) is 12.1. The molecule has 1 aliphatic carbocycles. The molecular weight excluding hydrogens is 248 g/mol. The minimum Gasteiger partial charge on any atom is -0.393 e. The summed E-state index contributed by atoms with van der Waals surface area (Å²) >= 11 is 4.99. The van der Waals surface area contributed by atoms with Gasteiger partial charge in [0.15, 0.2) is 0 Å². The molecule has 0 radical (unpaired) electrons. The zero-order chi connectivity index (χ0) is 13.9. The lowest BCUT2D eigenvalue weighted by atomic mass is 9.89. The van der Waals surface area contributed by atoms with Gasteiger partial charge in [-0.15, -0.1) is 0 Å². The number of likely N-dealkylation sites (tertiary alicyclic amines) is 1. The van der Waals surface area contributed by atoms with Crippen molar-refractivity contribution in [2.75, 3.05) is 6.54 Å². The number of carbonyl (C=O) groups excluding carboxylic acids is 2. The molecule has 18 heavy (non-hydrogen) atoms. The van der Waals surface area contributed by atoms with E-state index in [1.165, 1.54) is 4.90 Å². The highest BCUT2D eigenvalue weighted by molar-refractivity contribution is 7.80. The zero-order valence-electron chi connectivity index (χ0n) is 11.3. The minimum atomic E-state index is -0.321. The van der Waals surface area contributed by atoms with Crippen LogP contribution in [0.25, 0.3) is 0 Å². The molecule has 0 bridgehead atoms. The molecule has 2 rings (SSSR count). The van der Waals surface area contributed by atoms with Crippen molar-refractivity contribution >= 4 is 29.0 Å². The quantitative estimate of drug-likeness (QED) is 0.617. The van der Waals surface area contributed by atoms with Crippen molar-refractivity contribution in [3.63, 3.8) is 0 Å². The van der Waals surface area contributed by atoms with E-state index in [1.54, 1.807) is 0 Å². The second-order valence-corrected chi connectivity index (χ2v) is 7.04. The number of rotatable bonds is 4. The van der Waals surface area contributed by atoms with Gasteiger partial charge in [-0.3, -0.25) is 14.5 Å². The number of thiocarbonyl (C=S) groups is 1.